The summed E-state index contributed by atoms with van der Waals surface area (Å²) in [7, 11) is 1.40. The number of allylic oxidation sites excluding steroid dienone is 1. The molecule has 0 atom stereocenters. The fraction of sp³-hybridized carbons (Fsp3) is 0.267. The van der Waals surface area contributed by atoms with Crippen LogP contribution in [-0.2, 0) is 0 Å². The van der Waals surface area contributed by atoms with E-state index in [9.17, 15) is 9.18 Å². The van der Waals surface area contributed by atoms with Crippen molar-refractivity contribution >= 4 is 11.9 Å². The number of ketones is 1. The van der Waals surface area contributed by atoms with Crippen LogP contribution in [0.25, 0.3) is 6.08 Å². The molecule has 0 aliphatic heterocycles. The van der Waals surface area contributed by atoms with Crippen LogP contribution in [0.1, 0.15) is 35.9 Å². The average molecular weight is 289 g/mol. The highest BCUT2D eigenvalue weighted by Crippen LogP contribution is 2.18. The summed E-state index contributed by atoms with van der Waals surface area (Å²) in [5.74, 6) is -0.589. The van der Waals surface area contributed by atoms with Crippen LogP contribution in [0, 0.1) is 5.82 Å². The van der Waals surface area contributed by atoms with Crippen LogP contribution in [0.2, 0.25) is 0 Å². The second-order valence-corrected chi connectivity index (χ2v) is 4.77. The summed E-state index contributed by atoms with van der Waals surface area (Å²) in [6.45, 7) is 3.89. The van der Waals surface area contributed by atoms with Gasteiger partial charge in [-0.15, -0.1) is 5.10 Å². The largest absolute Gasteiger partial charge is 0.494 e. The van der Waals surface area contributed by atoms with Crippen LogP contribution in [0.5, 0.6) is 5.75 Å². The van der Waals surface area contributed by atoms with Crippen molar-refractivity contribution in [2.75, 3.05) is 7.11 Å². The van der Waals surface area contributed by atoms with Crippen LogP contribution < -0.4 is 4.74 Å². The van der Waals surface area contributed by atoms with E-state index in [0.717, 1.165) is 0 Å². The molecule has 0 aliphatic rings. The van der Waals surface area contributed by atoms with E-state index in [4.69, 9.17) is 4.74 Å². The molecule has 1 aromatic carbocycles. The van der Waals surface area contributed by atoms with E-state index in [-0.39, 0.29) is 23.3 Å². The van der Waals surface area contributed by atoms with E-state index in [2.05, 4.69) is 10.3 Å². The number of carbonyl (C=O) groups is 1. The smallest absolute Gasteiger partial charge is 0.207 e. The third-order valence-electron chi connectivity index (χ3n) is 2.89. The van der Waals surface area contributed by atoms with Crippen molar-refractivity contribution in [3.63, 3.8) is 0 Å². The van der Waals surface area contributed by atoms with Gasteiger partial charge in [0.05, 0.1) is 13.3 Å². The number of rotatable bonds is 5. The number of benzene rings is 1. The maximum absolute atomic E-state index is 13.5. The first-order valence-corrected chi connectivity index (χ1v) is 6.49. The maximum Gasteiger partial charge on any atom is 0.207 e. The fourth-order valence-electron chi connectivity index (χ4n) is 1.69. The van der Waals surface area contributed by atoms with E-state index in [1.165, 1.54) is 31.4 Å². The van der Waals surface area contributed by atoms with Gasteiger partial charge < -0.3 is 4.74 Å². The number of hydrogen-bond acceptors (Lipinski definition) is 4. The monoisotopic (exact) mass is 289 g/mol. The first-order valence-electron chi connectivity index (χ1n) is 6.49. The molecular formula is C15H16FN3O2. The van der Waals surface area contributed by atoms with Crippen LogP contribution in [0.4, 0.5) is 4.39 Å². The van der Waals surface area contributed by atoms with Crippen molar-refractivity contribution in [3.8, 4) is 5.75 Å². The van der Waals surface area contributed by atoms with E-state index < -0.39 is 5.82 Å². The molecule has 2 aromatic rings. The Kier molecular flexibility index (Phi) is 4.47. The highest BCUT2D eigenvalue weighted by atomic mass is 19.1. The molecule has 0 saturated heterocycles. The second kappa shape index (κ2) is 6.30. The van der Waals surface area contributed by atoms with Crippen molar-refractivity contribution in [1.29, 1.82) is 0 Å². The molecule has 0 radical (unpaired) electrons. The Balaban J connectivity index is 2.12. The van der Waals surface area contributed by atoms with Gasteiger partial charge in [0.1, 0.15) is 0 Å². The summed E-state index contributed by atoms with van der Waals surface area (Å²) in [5, 5.41) is 7.68. The van der Waals surface area contributed by atoms with Crippen LogP contribution in [0.3, 0.4) is 0 Å². The quantitative estimate of drug-likeness (QED) is 0.627. The van der Waals surface area contributed by atoms with Gasteiger partial charge in [0.25, 0.3) is 0 Å². The van der Waals surface area contributed by atoms with Crippen LogP contribution >= 0.6 is 0 Å². The fourth-order valence-corrected chi connectivity index (χ4v) is 1.69. The molecule has 0 fully saturated rings. The number of halogens is 1. The van der Waals surface area contributed by atoms with Gasteiger partial charge in [-0.1, -0.05) is 17.4 Å². The van der Waals surface area contributed by atoms with E-state index in [1.807, 2.05) is 13.8 Å². The van der Waals surface area contributed by atoms with Gasteiger partial charge in [-0.2, -0.15) is 0 Å². The Bertz CT molecular complexity index is 677. The second-order valence-electron chi connectivity index (χ2n) is 4.77. The molecular weight excluding hydrogens is 273 g/mol. The Hall–Kier alpha value is -2.50. The molecule has 0 bridgehead atoms. The minimum atomic E-state index is -0.474. The van der Waals surface area contributed by atoms with Crippen LogP contribution in [-0.4, -0.2) is 27.9 Å². The molecule has 0 saturated carbocycles. The van der Waals surface area contributed by atoms with Gasteiger partial charge in [0.2, 0.25) is 5.78 Å². The Labute approximate surface area is 122 Å². The highest BCUT2D eigenvalue weighted by molar-refractivity contribution is 6.05. The summed E-state index contributed by atoms with van der Waals surface area (Å²) in [6.07, 6.45) is 4.46. The van der Waals surface area contributed by atoms with Gasteiger partial charge in [-0.05, 0) is 37.6 Å². The number of aromatic nitrogens is 3. The molecule has 6 heteroatoms. The third kappa shape index (κ3) is 3.53. The predicted molar refractivity (Wildman–Crippen MR) is 76.7 cm³/mol. The zero-order chi connectivity index (χ0) is 15.4. The van der Waals surface area contributed by atoms with Crippen molar-refractivity contribution in [2.45, 2.75) is 19.9 Å². The van der Waals surface area contributed by atoms with Gasteiger partial charge in [-0.25, -0.2) is 9.07 Å². The van der Waals surface area contributed by atoms with Crippen LogP contribution in [0.15, 0.2) is 30.5 Å². The lowest BCUT2D eigenvalue weighted by molar-refractivity contribution is 0.104. The molecule has 0 aliphatic carbocycles. The van der Waals surface area contributed by atoms with Crippen molar-refractivity contribution in [1.82, 2.24) is 15.0 Å². The first-order chi connectivity index (χ1) is 10.0. The molecule has 1 heterocycles. The Morgan fingerprint density at radius 3 is 2.76 bits per heavy atom. The maximum atomic E-state index is 13.5. The predicted octanol–water partition coefficient (Wildman–Crippen LogP) is 2.90. The number of methoxy groups -OCH3 is 1. The van der Waals surface area contributed by atoms with Crippen molar-refractivity contribution in [2.24, 2.45) is 0 Å². The number of carbonyl (C=O) groups excluding carboxylic acids is 1. The zero-order valence-corrected chi connectivity index (χ0v) is 12.1. The lowest BCUT2D eigenvalue weighted by atomic mass is 10.1. The summed E-state index contributed by atoms with van der Waals surface area (Å²) < 4.78 is 20.0. The topological polar surface area (TPSA) is 57.0 Å². The molecule has 2 rings (SSSR count). The summed E-state index contributed by atoms with van der Waals surface area (Å²) in [4.78, 5) is 11.9. The number of nitrogens with zero attached hydrogens (tertiary/aromatic N) is 3. The zero-order valence-electron chi connectivity index (χ0n) is 12.1. The van der Waals surface area contributed by atoms with E-state index in [1.54, 1.807) is 16.9 Å². The lowest BCUT2D eigenvalue weighted by Gasteiger charge is -2.01. The SMILES string of the molecule is COc1ccc(C=CC(=O)c2cn(C(C)C)nn2)cc1F. The summed E-state index contributed by atoms with van der Waals surface area (Å²) in [5.41, 5.74) is 0.826. The Morgan fingerprint density at radius 2 is 2.19 bits per heavy atom. The number of hydrogen-bond donors (Lipinski definition) is 0. The molecule has 0 amide bonds. The molecule has 0 unspecified atom stereocenters. The third-order valence-corrected chi connectivity index (χ3v) is 2.89. The molecule has 1 aromatic heterocycles. The molecule has 5 nitrogen and oxygen atoms in total. The van der Waals surface area contributed by atoms with E-state index >= 15 is 0 Å². The highest BCUT2D eigenvalue weighted by Gasteiger charge is 2.09. The Morgan fingerprint density at radius 1 is 1.43 bits per heavy atom. The lowest BCUT2D eigenvalue weighted by Crippen LogP contribution is -2.00. The average Bonchev–Trinajstić information content (AvgIpc) is 2.95. The summed E-state index contributed by atoms with van der Waals surface area (Å²) in [6, 6.07) is 4.61. The van der Waals surface area contributed by atoms with E-state index in [0.29, 0.717) is 5.56 Å². The standard InChI is InChI=1S/C15H16FN3O2/c1-10(2)19-9-13(17-18-19)14(20)6-4-11-5-7-15(21-3)12(16)8-11/h4-10H,1-3H3. The summed E-state index contributed by atoms with van der Waals surface area (Å²) >= 11 is 0. The molecule has 0 N–H and O–H groups in total. The molecule has 0 spiro atoms. The van der Waals surface area contributed by atoms with Crippen molar-refractivity contribution in [3.05, 3.63) is 47.5 Å². The van der Waals surface area contributed by atoms with Gasteiger partial charge in [-0.3, -0.25) is 4.79 Å². The van der Waals surface area contributed by atoms with Gasteiger partial charge in [0, 0.05) is 6.04 Å². The first kappa shape index (κ1) is 14.9. The minimum Gasteiger partial charge on any atom is -0.494 e. The number of ether oxygens (including phenoxy) is 1. The van der Waals surface area contributed by atoms with Crippen molar-refractivity contribution < 1.29 is 13.9 Å². The molecule has 21 heavy (non-hydrogen) atoms. The van der Waals surface area contributed by atoms with Gasteiger partial charge in [0.15, 0.2) is 17.3 Å². The molecule has 110 valence electrons. The normalized spacial score (nSPS) is 11.3. The van der Waals surface area contributed by atoms with Gasteiger partial charge >= 0.3 is 0 Å². The minimum absolute atomic E-state index is 0.138.